The van der Waals surface area contributed by atoms with Gasteiger partial charge in [-0.3, -0.25) is 4.79 Å². The fourth-order valence-corrected chi connectivity index (χ4v) is 2.28. The van der Waals surface area contributed by atoms with Crippen LogP contribution < -0.4 is 5.32 Å². The maximum atomic E-state index is 11.8. The van der Waals surface area contributed by atoms with Crippen molar-refractivity contribution in [3.05, 3.63) is 41.4 Å². The second-order valence-electron chi connectivity index (χ2n) is 4.51. The van der Waals surface area contributed by atoms with E-state index in [4.69, 9.17) is 0 Å². The van der Waals surface area contributed by atoms with Gasteiger partial charge in [0.25, 0.3) is 5.91 Å². The van der Waals surface area contributed by atoms with E-state index in [0.717, 1.165) is 10.6 Å². The second-order valence-corrected chi connectivity index (χ2v) is 5.37. The molecule has 3 nitrogen and oxygen atoms in total. The molecule has 0 spiro atoms. The normalized spacial score (nSPS) is 10.6. The van der Waals surface area contributed by atoms with Crippen LogP contribution in [0.3, 0.4) is 0 Å². The first kappa shape index (κ1) is 12.8. The van der Waals surface area contributed by atoms with Crippen LogP contribution in [0.2, 0.25) is 0 Å². The number of thiazole rings is 1. The Labute approximate surface area is 111 Å². The molecule has 1 amide bonds. The fourth-order valence-electron chi connectivity index (χ4n) is 1.48. The molecule has 0 atom stereocenters. The van der Waals surface area contributed by atoms with Gasteiger partial charge in [0.15, 0.2) is 0 Å². The summed E-state index contributed by atoms with van der Waals surface area (Å²) in [7, 11) is 0. The number of carbonyl (C=O) groups is 1. The molecule has 0 aliphatic heterocycles. The van der Waals surface area contributed by atoms with Crippen molar-refractivity contribution in [2.24, 2.45) is 5.92 Å². The topological polar surface area (TPSA) is 42.0 Å². The Morgan fingerprint density at radius 3 is 2.72 bits per heavy atom. The van der Waals surface area contributed by atoms with Crippen LogP contribution in [-0.2, 0) is 0 Å². The summed E-state index contributed by atoms with van der Waals surface area (Å²) >= 11 is 1.49. The lowest BCUT2D eigenvalue weighted by molar-refractivity contribution is 0.0945. The molecule has 0 radical (unpaired) electrons. The average molecular weight is 260 g/mol. The maximum absolute atomic E-state index is 11.8. The molecule has 18 heavy (non-hydrogen) atoms. The van der Waals surface area contributed by atoms with E-state index in [1.807, 2.05) is 30.3 Å². The van der Waals surface area contributed by atoms with Gasteiger partial charge in [-0.15, -0.1) is 11.3 Å². The Morgan fingerprint density at radius 1 is 1.33 bits per heavy atom. The largest absolute Gasteiger partial charge is 0.350 e. The molecule has 4 heteroatoms. The summed E-state index contributed by atoms with van der Waals surface area (Å²) in [5.74, 6) is 0.350. The predicted octanol–water partition coefficient (Wildman–Crippen LogP) is 3.20. The zero-order valence-electron chi connectivity index (χ0n) is 10.5. The highest BCUT2D eigenvalue weighted by molar-refractivity contribution is 7.13. The molecule has 1 aromatic heterocycles. The van der Waals surface area contributed by atoms with Crippen molar-refractivity contribution in [1.82, 2.24) is 10.3 Å². The Hall–Kier alpha value is -1.68. The minimum absolute atomic E-state index is 0.0952. The van der Waals surface area contributed by atoms with E-state index in [0.29, 0.717) is 18.2 Å². The molecule has 94 valence electrons. The lowest BCUT2D eigenvalue weighted by Gasteiger charge is -2.05. The number of hydrogen-bond acceptors (Lipinski definition) is 3. The van der Waals surface area contributed by atoms with Crippen LogP contribution >= 0.6 is 11.3 Å². The van der Waals surface area contributed by atoms with Gasteiger partial charge in [-0.2, -0.15) is 0 Å². The summed E-state index contributed by atoms with van der Waals surface area (Å²) in [6, 6.07) is 9.89. The van der Waals surface area contributed by atoms with Crippen LogP contribution in [0, 0.1) is 5.92 Å². The fraction of sp³-hybridized carbons (Fsp3) is 0.286. The number of rotatable bonds is 4. The van der Waals surface area contributed by atoms with Gasteiger partial charge in [0.2, 0.25) is 0 Å². The van der Waals surface area contributed by atoms with Crippen molar-refractivity contribution in [3.63, 3.8) is 0 Å². The highest BCUT2D eigenvalue weighted by atomic mass is 32.1. The minimum Gasteiger partial charge on any atom is -0.350 e. The predicted molar refractivity (Wildman–Crippen MR) is 74.7 cm³/mol. The molecule has 0 saturated carbocycles. The number of aromatic nitrogens is 1. The standard InChI is InChI=1S/C14H16N2OS/c1-10(2)8-15-13(17)12-9-18-14(16-12)11-6-4-3-5-7-11/h3-7,9-10H,8H2,1-2H3,(H,15,17). The first-order valence-corrected chi connectivity index (χ1v) is 6.84. The Morgan fingerprint density at radius 2 is 2.06 bits per heavy atom. The number of benzene rings is 1. The van der Waals surface area contributed by atoms with E-state index in [2.05, 4.69) is 24.1 Å². The van der Waals surface area contributed by atoms with Crippen molar-refractivity contribution in [1.29, 1.82) is 0 Å². The number of nitrogens with one attached hydrogen (secondary N) is 1. The molecule has 1 heterocycles. The molecule has 0 unspecified atom stereocenters. The zero-order chi connectivity index (χ0) is 13.0. The summed E-state index contributed by atoms with van der Waals surface area (Å²) in [5.41, 5.74) is 1.55. The molecule has 0 saturated heterocycles. The van der Waals surface area contributed by atoms with Gasteiger partial charge < -0.3 is 5.32 Å². The molecule has 0 aliphatic rings. The Bertz CT molecular complexity index is 520. The smallest absolute Gasteiger partial charge is 0.270 e. The summed E-state index contributed by atoms with van der Waals surface area (Å²) < 4.78 is 0. The van der Waals surface area contributed by atoms with Gasteiger partial charge in [-0.05, 0) is 5.92 Å². The van der Waals surface area contributed by atoms with E-state index in [1.54, 1.807) is 5.38 Å². The van der Waals surface area contributed by atoms with Crippen molar-refractivity contribution >= 4 is 17.2 Å². The van der Waals surface area contributed by atoms with Gasteiger partial charge >= 0.3 is 0 Å². The number of nitrogens with zero attached hydrogens (tertiary/aromatic N) is 1. The van der Waals surface area contributed by atoms with Crippen molar-refractivity contribution in [2.45, 2.75) is 13.8 Å². The third-order valence-corrected chi connectivity index (χ3v) is 3.32. The summed E-state index contributed by atoms with van der Waals surface area (Å²) in [5, 5.41) is 5.55. The molecule has 0 bridgehead atoms. The zero-order valence-corrected chi connectivity index (χ0v) is 11.3. The third kappa shape index (κ3) is 3.17. The second kappa shape index (κ2) is 5.78. The van der Waals surface area contributed by atoms with Gasteiger partial charge in [-0.1, -0.05) is 44.2 Å². The molecular weight excluding hydrogens is 244 g/mol. The molecule has 0 fully saturated rings. The van der Waals surface area contributed by atoms with Crippen molar-refractivity contribution in [2.75, 3.05) is 6.54 Å². The van der Waals surface area contributed by atoms with Crippen LogP contribution in [0.4, 0.5) is 0 Å². The number of amides is 1. The number of carbonyl (C=O) groups excluding carboxylic acids is 1. The molecular formula is C14H16N2OS. The summed E-state index contributed by atoms with van der Waals surface area (Å²) in [6.07, 6.45) is 0. The molecule has 2 aromatic rings. The van der Waals surface area contributed by atoms with Gasteiger partial charge in [0.05, 0.1) is 0 Å². The van der Waals surface area contributed by atoms with Crippen molar-refractivity contribution < 1.29 is 4.79 Å². The van der Waals surface area contributed by atoms with Crippen LogP contribution in [0.25, 0.3) is 10.6 Å². The van der Waals surface area contributed by atoms with E-state index in [9.17, 15) is 4.79 Å². The maximum Gasteiger partial charge on any atom is 0.270 e. The Kier molecular flexibility index (Phi) is 4.10. The van der Waals surface area contributed by atoms with E-state index in [-0.39, 0.29) is 5.91 Å². The van der Waals surface area contributed by atoms with Crippen molar-refractivity contribution in [3.8, 4) is 10.6 Å². The van der Waals surface area contributed by atoms with Crippen LogP contribution in [0.15, 0.2) is 35.7 Å². The van der Waals surface area contributed by atoms with E-state index >= 15 is 0 Å². The third-order valence-electron chi connectivity index (χ3n) is 2.43. The monoisotopic (exact) mass is 260 g/mol. The molecule has 1 N–H and O–H groups in total. The molecule has 0 aliphatic carbocycles. The van der Waals surface area contributed by atoms with Crippen LogP contribution in [0.1, 0.15) is 24.3 Å². The van der Waals surface area contributed by atoms with Gasteiger partial charge in [0, 0.05) is 17.5 Å². The summed E-state index contributed by atoms with van der Waals surface area (Å²) in [6.45, 7) is 4.81. The van der Waals surface area contributed by atoms with Crippen LogP contribution in [-0.4, -0.2) is 17.4 Å². The average Bonchev–Trinajstić information content (AvgIpc) is 2.86. The lowest BCUT2D eigenvalue weighted by atomic mass is 10.2. The van der Waals surface area contributed by atoms with Gasteiger partial charge in [-0.25, -0.2) is 4.98 Å². The van der Waals surface area contributed by atoms with E-state index < -0.39 is 0 Å². The molecule has 2 rings (SSSR count). The first-order chi connectivity index (χ1) is 8.66. The minimum atomic E-state index is -0.0952. The number of hydrogen-bond donors (Lipinski definition) is 1. The summed E-state index contributed by atoms with van der Waals surface area (Å²) in [4.78, 5) is 16.2. The highest BCUT2D eigenvalue weighted by Crippen LogP contribution is 2.23. The highest BCUT2D eigenvalue weighted by Gasteiger charge is 2.11. The molecule has 1 aromatic carbocycles. The first-order valence-electron chi connectivity index (χ1n) is 5.96. The quantitative estimate of drug-likeness (QED) is 0.917. The lowest BCUT2D eigenvalue weighted by Crippen LogP contribution is -2.27. The SMILES string of the molecule is CC(C)CNC(=O)c1csc(-c2ccccc2)n1. The van der Waals surface area contributed by atoms with Gasteiger partial charge in [0.1, 0.15) is 10.7 Å². The van der Waals surface area contributed by atoms with E-state index in [1.165, 1.54) is 11.3 Å². The Balaban J connectivity index is 2.09. The van der Waals surface area contributed by atoms with Crippen LogP contribution in [0.5, 0.6) is 0 Å².